The zero-order chi connectivity index (χ0) is 13.2. The molecule has 4 nitrogen and oxygen atoms in total. The molecular formula is C14H31N3O. The Hall–Kier alpha value is -0.160. The molecule has 1 saturated heterocycles. The SMILES string of the molecule is CCCNCCOCCN1CCN(C(C)C)CC1. The van der Waals surface area contributed by atoms with Crippen LogP contribution in [0.5, 0.6) is 0 Å². The van der Waals surface area contributed by atoms with Gasteiger partial charge >= 0.3 is 0 Å². The lowest BCUT2D eigenvalue weighted by molar-refractivity contribution is 0.0674. The van der Waals surface area contributed by atoms with Crippen molar-refractivity contribution >= 4 is 0 Å². The second-order valence-corrected chi connectivity index (χ2v) is 5.33. The molecule has 0 spiro atoms. The second kappa shape index (κ2) is 9.73. The minimum atomic E-state index is 0.688. The van der Waals surface area contributed by atoms with Gasteiger partial charge in [-0.05, 0) is 26.8 Å². The summed E-state index contributed by atoms with van der Waals surface area (Å²) >= 11 is 0. The van der Waals surface area contributed by atoms with E-state index in [1.165, 1.54) is 32.6 Å². The topological polar surface area (TPSA) is 27.7 Å². The van der Waals surface area contributed by atoms with E-state index in [1.54, 1.807) is 0 Å². The van der Waals surface area contributed by atoms with Crippen LogP contribution in [0.3, 0.4) is 0 Å². The number of nitrogens with zero attached hydrogens (tertiary/aromatic N) is 2. The standard InChI is InChI=1S/C14H31N3O/c1-4-5-15-6-12-18-13-11-16-7-9-17(10-8-16)14(2)3/h14-15H,4-13H2,1-3H3. The van der Waals surface area contributed by atoms with Crippen LogP contribution in [0.25, 0.3) is 0 Å². The summed E-state index contributed by atoms with van der Waals surface area (Å²) in [5.41, 5.74) is 0. The highest BCUT2D eigenvalue weighted by atomic mass is 16.5. The minimum Gasteiger partial charge on any atom is -0.379 e. The second-order valence-electron chi connectivity index (χ2n) is 5.33. The molecular weight excluding hydrogens is 226 g/mol. The third-order valence-electron chi connectivity index (χ3n) is 3.54. The molecule has 0 bridgehead atoms. The number of hydrogen-bond acceptors (Lipinski definition) is 4. The number of ether oxygens (including phenoxy) is 1. The fraction of sp³-hybridized carbons (Fsp3) is 1.00. The Bertz CT molecular complexity index is 191. The lowest BCUT2D eigenvalue weighted by atomic mass is 10.2. The van der Waals surface area contributed by atoms with Gasteiger partial charge in [0.2, 0.25) is 0 Å². The molecule has 1 aliphatic rings. The molecule has 0 saturated carbocycles. The van der Waals surface area contributed by atoms with Gasteiger partial charge in [-0.15, -0.1) is 0 Å². The van der Waals surface area contributed by atoms with E-state index in [2.05, 4.69) is 35.9 Å². The van der Waals surface area contributed by atoms with Crippen molar-refractivity contribution in [3.63, 3.8) is 0 Å². The lowest BCUT2D eigenvalue weighted by Gasteiger charge is -2.36. The number of rotatable bonds is 9. The van der Waals surface area contributed by atoms with E-state index < -0.39 is 0 Å². The highest BCUT2D eigenvalue weighted by Crippen LogP contribution is 2.05. The summed E-state index contributed by atoms with van der Waals surface area (Å²) in [5.74, 6) is 0. The maximum atomic E-state index is 5.64. The van der Waals surface area contributed by atoms with Gasteiger partial charge in [0.25, 0.3) is 0 Å². The monoisotopic (exact) mass is 257 g/mol. The molecule has 1 rings (SSSR count). The summed E-state index contributed by atoms with van der Waals surface area (Å²) in [7, 11) is 0. The predicted octanol–water partition coefficient (Wildman–Crippen LogP) is 1.03. The van der Waals surface area contributed by atoms with Gasteiger partial charge in [-0.3, -0.25) is 9.80 Å². The van der Waals surface area contributed by atoms with Crippen LogP contribution in [0.4, 0.5) is 0 Å². The third kappa shape index (κ3) is 6.69. The first-order chi connectivity index (χ1) is 8.74. The average Bonchev–Trinajstić information content (AvgIpc) is 2.38. The summed E-state index contributed by atoms with van der Waals surface area (Å²) in [5, 5.41) is 3.35. The summed E-state index contributed by atoms with van der Waals surface area (Å²) in [6.45, 7) is 16.4. The molecule has 18 heavy (non-hydrogen) atoms. The molecule has 0 radical (unpaired) electrons. The molecule has 0 atom stereocenters. The fourth-order valence-electron chi connectivity index (χ4n) is 2.25. The van der Waals surface area contributed by atoms with Crippen molar-refractivity contribution in [2.24, 2.45) is 0 Å². The predicted molar refractivity (Wildman–Crippen MR) is 77.1 cm³/mol. The maximum Gasteiger partial charge on any atom is 0.0594 e. The smallest absolute Gasteiger partial charge is 0.0594 e. The molecule has 0 unspecified atom stereocenters. The molecule has 1 fully saturated rings. The largest absolute Gasteiger partial charge is 0.379 e. The van der Waals surface area contributed by atoms with Crippen LogP contribution in [-0.4, -0.2) is 74.9 Å². The van der Waals surface area contributed by atoms with Crippen molar-refractivity contribution in [3.05, 3.63) is 0 Å². The lowest BCUT2D eigenvalue weighted by Crippen LogP contribution is -2.49. The van der Waals surface area contributed by atoms with Crippen molar-refractivity contribution in [2.75, 3.05) is 59.0 Å². The molecule has 1 aliphatic heterocycles. The third-order valence-corrected chi connectivity index (χ3v) is 3.54. The van der Waals surface area contributed by atoms with Gasteiger partial charge in [0.1, 0.15) is 0 Å². The van der Waals surface area contributed by atoms with Gasteiger partial charge in [-0.2, -0.15) is 0 Å². The highest BCUT2D eigenvalue weighted by Gasteiger charge is 2.17. The first-order valence-corrected chi connectivity index (χ1v) is 7.49. The van der Waals surface area contributed by atoms with Gasteiger partial charge in [-0.1, -0.05) is 6.92 Å². The number of piperazine rings is 1. The summed E-state index contributed by atoms with van der Waals surface area (Å²) in [6.07, 6.45) is 1.19. The molecule has 0 amide bonds. The number of hydrogen-bond donors (Lipinski definition) is 1. The van der Waals surface area contributed by atoms with Crippen LogP contribution in [0.15, 0.2) is 0 Å². The van der Waals surface area contributed by atoms with E-state index in [0.29, 0.717) is 6.04 Å². The Labute approximate surface area is 113 Å². The van der Waals surface area contributed by atoms with Gasteiger partial charge < -0.3 is 10.1 Å². The van der Waals surface area contributed by atoms with E-state index >= 15 is 0 Å². The van der Waals surface area contributed by atoms with Crippen LogP contribution >= 0.6 is 0 Å². The summed E-state index contributed by atoms with van der Waals surface area (Å²) in [6, 6.07) is 0.688. The maximum absolute atomic E-state index is 5.64. The summed E-state index contributed by atoms with van der Waals surface area (Å²) in [4.78, 5) is 5.06. The first-order valence-electron chi connectivity index (χ1n) is 7.49. The van der Waals surface area contributed by atoms with Crippen LogP contribution in [0, 0.1) is 0 Å². The van der Waals surface area contributed by atoms with E-state index in [-0.39, 0.29) is 0 Å². The van der Waals surface area contributed by atoms with Gasteiger partial charge in [0.15, 0.2) is 0 Å². The van der Waals surface area contributed by atoms with Gasteiger partial charge in [0.05, 0.1) is 13.2 Å². The highest BCUT2D eigenvalue weighted by molar-refractivity contribution is 4.73. The molecule has 1 N–H and O–H groups in total. The Kier molecular flexibility index (Phi) is 8.59. The number of nitrogens with one attached hydrogen (secondary N) is 1. The molecule has 108 valence electrons. The Morgan fingerprint density at radius 1 is 1.06 bits per heavy atom. The molecule has 0 aromatic carbocycles. The molecule has 1 heterocycles. The van der Waals surface area contributed by atoms with Crippen LogP contribution < -0.4 is 5.32 Å². The van der Waals surface area contributed by atoms with E-state index in [0.717, 1.165) is 32.8 Å². The molecule has 4 heteroatoms. The average molecular weight is 257 g/mol. The zero-order valence-electron chi connectivity index (χ0n) is 12.5. The van der Waals surface area contributed by atoms with Crippen LogP contribution in [-0.2, 0) is 4.74 Å². The van der Waals surface area contributed by atoms with Gasteiger partial charge in [0, 0.05) is 45.3 Å². The molecule has 0 aliphatic carbocycles. The zero-order valence-corrected chi connectivity index (χ0v) is 12.5. The van der Waals surface area contributed by atoms with Crippen molar-refractivity contribution in [3.8, 4) is 0 Å². The van der Waals surface area contributed by atoms with Crippen LogP contribution in [0.1, 0.15) is 27.2 Å². The normalized spacial score (nSPS) is 18.7. The fourth-order valence-corrected chi connectivity index (χ4v) is 2.25. The van der Waals surface area contributed by atoms with E-state index in [1.807, 2.05) is 0 Å². The van der Waals surface area contributed by atoms with Crippen molar-refractivity contribution in [2.45, 2.75) is 33.2 Å². The van der Waals surface area contributed by atoms with Crippen molar-refractivity contribution in [1.29, 1.82) is 0 Å². The quantitative estimate of drug-likeness (QED) is 0.624. The van der Waals surface area contributed by atoms with E-state index in [9.17, 15) is 0 Å². The van der Waals surface area contributed by atoms with Crippen LogP contribution in [0.2, 0.25) is 0 Å². The molecule has 0 aromatic heterocycles. The Balaban J connectivity index is 1.91. The Morgan fingerprint density at radius 3 is 2.39 bits per heavy atom. The van der Waals surface area contributed by atoms with E-state index in [4.69, 9.17) is 4.74 Å². The Morgan fingerprint density at radius 2 is 1.78 bits per heavy atom. The first kappa shape index (κ1) is 15.9. The van der Waals surface area contributed by atoms with Crippen molar-refractivity contribution in [1.82, 2.24) is 15.1 Å². The summed E-state index contributed by atoms with van der Waals surface area (Å²) < 4.78 is 5.64. The minimum absolute atomic E-state index is 0.688. The van der Waals surface area contributed by atoms with Gasteiger partial charge in [-0.25, -0.2) is 0 Å². The molecule has 0 aromatic rings. The van der Waals surface area contributed by atoms with Crippen molar-refractivity contribution < 1.29 is 4.74 Å².